The van der Waals surface area contributed by atoms with Crippen molar-refractivity contribution in [1.82, 2.24) is 15.1 Å². The van der Waals surface area contributed by atoms with Crippen molar-refractivity contribution in [3.05, 3.63) is 15.9 Å². The largest absolute Gasteiger partial charge is 0.312 e. The highest BCUT2D eigenvalue weighted by molar-refractivity contribution is 9.10. The lowest BCUT2D eigenvalue weighted by molar-refractivity contribution is 0.249. The van der Waals surface area contributed by atoms with Crippen LogP contribution in [0.15, 0.2) is 4.47 Å². The summed E-state index contributed by atoms with van der Waals surface area (Å²) in [5.74, 6) is 0. The van der Waals surface area contributed by atoms with Gasteiger partial charge in [-0.2, -0.15) is 5.10 Å². The number of hydrogen-bond donors (Lipinski definition) is 1. The maximum Gasteiger partial charge on any atom is 0.0738 e. The molecule has 1 heterocycles. The first kappa shape index (κ1) is 17.7. The van der Waals surface area contributed by atoms with Gasteiger partial charge in [0.05, 0.1) is 15.9 Å². The van der Waals surface area contributed by atoms with Crippen LogP contribution in [0, 0.1) is 12.3 Å². The number of nitrogens with zero attached hydrogens (tertiary/aromatic N) is 2. The standard InChI is InChI=1S/C16H30BrN3/c1-8-16(7,11-18-15(4,5)6)10-13-14(17)12(3)19-20(13)9-2/h18H,8-11H2,1-7H3. The third-order valence-electron chi connectivity index (χ3n) is 3.95. The van der Waals surface area contributed by atoms with Gasteiger partial charge in [0.2, 0.25) is 0 Å². The summed E-state index contributed by atoms with van der Waals surface area (Å²) in [5, 5.41) is 8.26. The zero-order chi connectivity index (χ0) is 15.6. The van der Waals surface area contributed by atoms with Gasteiger partial charge < -0.3 is 5.32 Å². The van der Waals surface area contributed by atoms with E-state index in [1.165, 1.54) is 10.2 Å². The van der Waals surface area contributed by atoms with Crippen molar-refractivity contribution >= 4 is 15.9 Å². The molecule has 1 unspecified atom stereocenters. The Morgan fingerprint density at radius 1 is 1.20 bits per heavy atom. The monoisotopic (exact) mass is 343 g/mol. The van der Waals surface area contributed by atoms with Crippen LogP contribution >= 0.6 is 15.9 Å². The van der Waals surface area contributed by atoms with Gasteiger partial charge in [-0.25, -0.2) is 0 Å². The maximum absolute atomic E-state index is 4.61. The van der Waals surface area contributed by atoms with Gasteiger partial charge in [0, 0.05) is 18.6 Å². The van der Waals surface area contributed by atoms with Crippen molar-refractivity contribution in [2.45, 2.75) is 73.4 Å². The van der Waals surface area contributed by atoms with E-state index in [1.807, 2.05) is 0 Å². The molecule has 0 amide bonds. The van der Waals surface area contributed by atoms with E-state index in [9.17, 15) is 0 Å². The van der Waals surface area contributed by atoms with E-state index in [1.54, 1.807) is 0 Å². The van der Waals surface area contributed by atoms with Gasteiger partial charge in [-0.1, -0.05) is 13.8 Å². The van der Waals surface area contributed by atoms with Crippen molar-refractivity contribution in [3.63, 3.8) is 0 Å². The van der Waals surface area contributed by atoms with Crippen LogP contribution in [0.3, 0.4) is 0 Å². The zero-order valence-electron chi connectivity index (χ0n) is 14.1. The molecule has 0 radical (unpaired) electrons. The Morgan fingerprint density at radius 2 is 1.80 bits per heavy atom. The summed E-state index contributed by atoms with van der Waals surface area (Å²) in [5.41, 5.74) is 2.82. The molecule has 0 aliphatic rings. The average Bonchev–Trinajstić information content (AvgIpc) is 2.63. The third-order valence-corrected chi connectivity index (χ3v) is 4.98. The van der Waals surface area contributed by atoms with E-state index in [0.717, 1.165) is 31.6 Å². The second-order valence-electron chi connectivity index (χ2n) is 7.11. The molecule has 20 heavy (non-hydrogen) atoms. The highest BCUT2D eigenvalue weighted by Crippen LogP contribution is 2.31. The van der Waals surface area contributed by atoms with Gasteiger partial charge in [-0.05, 0) is 68.8 Å². The fourth-order valence-electron chi connectivity index (χ4n) is 2.23. The fourth-order valence-corrected chi connectivity index (χ4v) is 2.66. The lowest BCUT2D eigenvalue weighted by Crippen LogP contribution is -2.43. The third kappa shape index (κ3) is 4.59. The SMILES string of the molecule is CCn1nc(C)c(Br)c1CC(C)(CC)CNC(C)(C)C. The molecule has 0 saturated carbocycles. The Morgan fingerprint density at radius 3 is 2.25 bits per heavy atom. The number of halogens is 1. The molecule has 1 N–H and O–H groups in total. The molecule has 0 aliphatic carbocycles. The minimum atomic E-state index is 0.161. The van der Waals surface area contributed by atoms with Crippen LogP contribution in [-0.2, 0) is 13.0 Å². The van der Waals surface area contributed by atoms with Gasteiger partial charge >= 0.3 is 0 Å². The van der Waals surface area contributed by atoms with Crippen LogP contribution in [0.2, 0.25) is 0 Å². The first-order valence-corrected chi connectivity index (χ1v) is 8.38. The molecule has 0 spiro atoms. The molecule has 0 aliphatic heterocycles. The van der Waals surface area contributed by atoms with E-state index in [-0.39, 0.29) is 11.0 Å². The van der Waals surface area contributed by atoms with Crippen molar-refractivity contribution in [2.24, 2.45) is 5.41 Å². The topological polar surface area (TPSA) is 29.9 Å². The molecule has 4 heteroatoms. The second-order valence-corrected chi connectivity index (χ2v) is 7.90. The summed E-state index contributed by atoms with van der Waals surface area (Å²) in [4.78, 5) is 0. The molecule has 0 bridgehead atoms. The van der Waals surface area contributed by atoms with E-state index >= 15 is 0 Å². The van der Waals surface area contributed by atoms with Crippen LogP contribution in [-0.4, -0.2) is 21.9 Å². The maximum atomic E-state index is 4.61. The quantitative estimate of drug-likeness (QED) is 0.833. The Kier molecular flexibility index (Phi) is 5.85. The summed E-state index contributed by atoms with van der Waals surface area (Å²) in [6.45, 7) is 17.5. The number of hydrogen-bond acceptors (Lipinski definition) is 2. The van der Waals surface area contributed by atoms with E-state index in [4.69, 9.17) is 0 Å². The highest BCUT2D eigenvalue weighted by atomic mass is 79.9. The lowest BCUT2D eigenvalue weighted by Gasteiger charge is -2.33. The fraction of sp³-hybridized carbons (Fsp3) is 0.812. The van der Waals surface area contributed by atoms with Crippen molar-refractivity contribution in [2.75, 3.05) is 6.54 Å². The minimum absolute atomic E-state index is 0.161. The Hall–Kier alpha value is -0.350. The van der Waals surface area contributed by atoms with Crippen molar-refractivity contribution in [3.8, 4) is 0 Å². The predicted molar refractivity (Wildman–Crippen MR) is 90.2 cm³/mol. The van der Waals surface area contributed by atoms with Crippen molar-refractivity contribution < 1.29 is 0 Å². The second kappa shape index (κ2) is 6.61. The Balaban J connectivity index is 2.92. The van der Waals surface area contributed by atoms with Gasteiger partial charge in [0.25, 0.3) is 0 Å². The first-order chi connectivity index (χ1) is 9.12. The number of nitrogens with one attached hydrogen (secondary N) is 1. The van der Waals surface area contributed by atoms with E-state index in [2.05, 4.69) is 79.5 Å². The minimum Gasteiger partial charge on any atom is -0.312 e. The van der Waals surface area contributed by atoms with Crippen LogP contribution < -0.4 is 5.32 Å². The van der Waals surface area contributed by atoms with Gasteiger partial charge in [0.15, 0.2) is 0 Å². The highest BCUT2D eigenvalue weighted by Gasteiger charge is 2.28. The van der Waals surface area contributed by atoms with Crippen molar-refractivity contribution in [1.29, 1.82) is 0 Å². The number of aryl methyl sites for hydroxylation is 2. The van der Waals surface area contributed by atoms with Crippen LogP contribution in [0.5, 0.6) is 0 Å². The van der Waals surface area contributed by atoms with Crippen LogP contribution in [0.25, 0.3) is 0 Å². The molecular weight excluding hydrogens is 314 g/mol. The lowest BCUT2D eigenvalue weighted by atomic mass is 9.82. The van der Waals surface area contributed by atoms with Gasteiger partial charge in [-0.15, -0.1) is 0 Å². The first-order valence-electron chi connectivity index (χ1n) is 7.58. The molecule has 1 rings (SSSR count). The average molecular weight is 344 g/mol. The molecule has 1 atom stereocenters. The summed E-state index contributed by atoms with van der Waals surface area (Å²) in [6, 6.07) is 0. The van der Waals surface area contributed by atoms with E-state index < -0.39 is 0 Å². The molecule has 116 valence electrons. The summed E-state index contributed by atoms with van der Waals surface area (Å²) < 4.78 is 3.31. The molecule has 3 nitrogen and oxygen atoms in total. The molecule has 0 aromatic carbocycles. The molecule has 1 aromatic heterocycles. The van der Waals surface area contributed by atoms with Crippen LogP contribution in [0.1, 0.15) is 59.4 Å². The normalized spacial score (nSPS) is 15.4. The predicted octanol–water partition coefficient (Wildman–Crippen LogP) is 4.32. The summed E-state index contributed by atoms with van der Waals surface area (Å²) >= 11 is 3.71. The van der Waals surface area contributed by atoms with Crippen LogP contribution in [0.4, 0.5) is 0 Å². The Labute approximate surface area is 132 Å². The molecular formula is C16H30BrN3. The molecule has 0 fully saturated rings. The zero-order valence-corrected chi connectivity index (χ0v) is 15.7. The number of rotatable bonds is 6. The van der Waals surface area contributed by atoms with Gasteiger partial charge in [-0.3, -0.25) is 4.68 Å². The summed E-state index contributed by atoms with van der Waals surface area (Å²) in [7, 11) is 0. The van der Waals surface area contributed by atoms with Gasteiger partial charge in [0.1, 0.15) is 0 Å². The van der Waals surface area contributed by atoms with E-state index in [0.29, 0.717) is 0 Å². The number of aromatic nitrogens is 2. The summed E-state index contributed by atoms with van der Waals surface area (Å²) in [6.07, 6.45) is 2.19. The Bertz CT molecular complexity index is 445. The molecule has 1 aromatic rings. The smallest absolute Gasteiger partial charge is 0.0738 e. The molecule has 0 saturated heterocycles.